The molecule has 1 aliphatic rings. The third-order valence-electron chi connectivity index (χ3n) is 3.89. The Balaban J connectivity index is 2.45. The summed E-state index contributed by atoms with van der Waals surface area (Å²) in [5.74, 6) is -0.509. The summed E-state index contributed by atoms with van der Waals surface area (Å²) in [6.07, 6.45) is 4.04. The van der Waals surface area contributed by atoms with E-state index in [1.165, 1.54) is 0 Å². The van der Waals surface area contributed by atoms with Crippen molar-refractivity contribution in [2.45, 2.75) is 45.6 Å². The number of carbonyl (C=O) groups is 1. The first-order valence-electron chi connectivity index (χ1n) is 6.77. The summed E-state index contributed by atoms with van der Waals surface area (Å²) in [6, 6.07) is 2.28. The van der Waals surface area contributed by atoms with Gasteiger partial charge in [0.15, 0.2) is 5.82 Å². The zero-order valence-electron chi connectivity index (χ0n) is 11.8. The van der Waals surface area contributed by atoms with E-state index in [1.54, 1.807) is 11.8 Å². The molecule has 6 nitrogen and oxygen atoms in total. The van der Waals surface area contributed by atoms with Crippen LogP contribution in [0.4, 0.5) is 5.82 Å². The highest BCUT2D eigenvalue weighted by Gasteiger charge is 2.28. The van der Waals surface area contributed by atoms with E-state index in [0.717, 1.165) is 31.2 Å². The van der Waals surface area contributed by atoms with Crippen LogP contribution in [0.5, 0.6) is 0 Å². The lowest BCUT2D eigenvalue weighted by Crippen LogP contribution is -2.39. The number of carboxylic acids is 1. The highest BCUT2D eigenvalue weighted by molar-refractivity contribution is 5.74. The largest absolute Gasteiger partial charge is 0.480 e. The lowest BCUT2D eigenvalue weighted by Gasteiger charge is -2.29. The van der Waals surface area contributed by atoms with Gasteiger partial charge in [-0.05, 0) is 32.3 Å². The molecular formula is C14H18N4O2. The van der Waals surface area contributed by atoms with Crippen molar-refractivity contribution in [3.63, 3.8) is 0 Å². The van der Waals surface area contributed by atoms with Crippen LogP contribution in [0.2, 0.25) is 0 Å². The van der Waals surface area contributed by atoms with Crippen LogP contribution in [0.1, 0.15) is 42.5 Å². The Labute approximate surface area is 118 Å². The predicted molar refractivity (Wildman–Crippen MR) is 73.5 cm³/mol. The average molecular weight is 274 g/mol. The van der Waals surface area contributed by atoms with E-state index in [4.69, 9.17) is 5.11 Å². The van der Waals surface area contributed by atoms with Crippen LogP contribution in [0, 0.1) is 25.2 Å². The highest BCUT2D eigenvalue weighted by Crippen LogP contribution is 2.30. The number of hydrogen-bond acceptors (Lipinski definition) is 5. The number of carboxylic acid groups (broad SMARTS) is 1. The molecule has 1 saturated carbocycles. The number of aryl methyl sites for hydroxylation is 1. The first-order valence-corrected chi connectivity index (χ1v) is 6.77. The molecule has 106 valence electrons. The van der Waals surface area contributed by atoms with E-state index < -0.39 is 5.97 Å². The molecule has 6 heteroatoms. The van der Waals surface area contributed by atoms with Gasteiger partial charge in [0.1, 0.15) is 18.2 Å². The van der Waals surface area contributed by atoms with Crippen molar-refractivity contribution < 1.29 is 9.90 Å². The SMILES string of the molecule is Cc1nnc(N(CC(=O)O)C2CCCC2)c(C#N)c1C. The zero-order valence-corrected chi connectivity index (χ0v) is 11.8. The first-order chi connectivity index (χ1) is 9.54. The fourth-order valence-electron chi connectivity index (χ4n) is 2.67. The highest BCUT2D eigenvalue weighted by atomic mass is 16.4. The van der Waals surface area contributed by atoms with Gasteiger partial charge in [0.05, 0.1) is 5.69 Å². The number of hydrogen-bond donors (Lipinski definition) is 1. The Bertz CT molecular complexity index is 559. The monoisotopic (exact) mass is 274 g/mol. The summed E-state index contributed by atoms with van der Waals surface area (Å²) in [5.41, 5.74) is 1.91. The maximum atomic E-state index is 11.1. The van der Waals surface area contributed by atoms with Crippen molar-refractivity contribution >= 4 is 11.8 Å². The lowest BCUT2D eigenvalue weighted by molar-refractivity contribution is -0.135. The molecule has 20 heavy (non-hydrogen) atoms. The molecule has 0 saturated heterocycles. The Kier molecular flexibility index (Phi) is 4.18. The molecule has 0 spiro atoms. The molecule has 2 rings (SSSR count). The third-order valence-corrected chi connectivity index (χ3v) is 3.89. The average Bonchev–Trinajstić information content (AvgIpc) is 2.93. The van der Waals surface area contributed by atoms with Crippen molar-refractivity contribution in [3.05, 3.63) is 16.8 Å². The minimum Gasteiger partial charge on any atom is -0.480 e. The lowest BCUT2D eigenvalue weighted by atomic mass is 10.1. The molecule has 1 aromatic heterocycles. The van der Waals surface area contributed by atoms with Crippen LogP contribution in [0.25, 0.3) is 0 Å². The van der Waals surface area contributed by atoms with Gasteiger partial charge in [0, 0.05) is 6.04 Å². The van der Waals surface area contributed by atoms with Gasteiger partial charge in [-0.25, -0.2) is 0 Å². The Morgan fingerprint density at radius 2 is 2.05 bits per heavy atom. The molecule has 1 heterocycles. The summed E-state index contributed by atoms with van der Waals surface area (Å²) in [4.78, 5) is 12.8. The van der Waals surface area contributed by atoms with Crippen molar-refractivity contribution in [1.82, 2.24) is 10.2 Å². The Morgan fingerprint density at radius 1 is 1.40 bits per heavy atom. The molecule has 0 aromatic carbocycles. The topological polar surface area (TPSA) is 90.1 Å². The normalized spacial score (nSPS) is 15.1. The van der Waals surface area contributed by atoms with E-state index in [0.29, 0.717) is 17.1 Å². The van der Waals surface area contributed by atoms with E-state index in [9.17, 15) is 10.1 Å². The Hall–Kier alpha value is -2.16. The van der Waals surface area contributed by atoms with Crippen molar-refractivity contribution in [2.24, 2.45) is 0 Å². The van der Waals surface area contributed by atoms with Crippen LogP contribution in [-0.2, 0) is 4.79 Å². The number of aliphatic carboxylic acids is 1. The first kappa shape index (κ1) is 14.3. The molecule has 1 aromatic rings. The van der Waals surface area contributed by atoms with E-state index in [-0.39, 0.29) is 12.6 Å². The van der Waals surface area contributed by atoms with Gasteiger partial charge >= 0.3 is 5.97 Å². The maximum absolute atomic E-state index is 11.1. The fourth-order valence-corrected chi connectivity index (χ4v) is 2.67. The van der Waals surface area contributed by atoms with Crippen LogP contribution < -0.4 is 4.90 Å². The van der Waals surface area contributed by atoms with Gasteiger partial charge in [-0.15, -0.1) is 5.10 Å². The number of aromatic nitrogens is 2. The van der Waals surface area contributed by atoms with Gasteiger partial charge in [0.2, 0.25) is 0 Å². The standard InChI is InChI=1S/C14H18N4O2/c1-9-10(2)16-17-14(12(9)7-15)18(8-13(19)20)11-5-3-4-6-11/h11H,3-6,8H2,1-2H3,(H,19,20). The number of rotatable bonds is 4. The maximum Gasteiger partial charge on any atom is 0.323 e. The third kappa shape index (κ3) is 2.72. The molecule has 0 bridgehead atoms. The number of nitriles is 1. The number of anilines is 1. The van der Waals surface area contributed by atoms with Crippen molar-refractivity contribution in [3.8, 4) is 6.07 Å². The molecule has 1 N–H and O–H groups in total. The summed E-state index contributed by atoms with van der Waals surface area (Å²) in [5, 5.41) is 26.6. The summed E-state index contributed by atoms with van der Waals surface area (Å²) in [7, 11) is 0. The molecule has 1 fully saturated rings. The Morgan fingerprint density at radius 3 is 2.60 bits per heavy atom. The molecule has 0 atom stereocenters. The number of nitrogens with zero attached hydrogens (tertiary/aromatic N) is 4. The van der Waals surface area contributed by atoms with Gasteiger partial charge in [0.25, 0.3) is 0 Å². The second-order valence-electron chi connectivity index (χ2n) is 5.18. The minimum atomic E-state index is -0.916. The van der Waals surface area contributed by atoms with Crippen LogP contribution in [-0.4, -0.2) is 33.9 Å². The van der Waals surface area contributed by atoms with Gasteiger partial charge < -0.3 is 10.0 Å². The molecular weight excluding hydrogens is 256 g/mol. The van der Waals surface area contributed by atoms with Crippen molar-refractivity contribution in [2.75, 3.05) is 11.4 Å². The predicted octanol–water partition coefficient (Wildman–Crippen LogP) is 1.80. The molecule has 0 amide bonds. The quantitative estimate of drug-likeness (QED) is 0.900. The van der Waals surface area contributed by atoms with Crippen LogP contribution >= 0.6 is 0 Å². The van der Waals surface area contributed by atoms with Gasteiger partial charge in [-0.3, -0.25) is 4.79 Å². The molecule has 0 radical (unpaired) electrons. The zero-order chi connectivity index (χ0) is 14.7. The second-order valence-corrected chi connectivity index (χ2v) is 5.18. The molecule has 1 aliphatic carbocycles. The molecule has 0 unspecified atom stereocenters. The van der Waals surface area contributed by atoms with Crippen LogP contribution in [0.15, 0.2) is 0 Å². The van der Waals surface area contributed by atoms with Gasteiger partial charge in [-0.2, -0.15) is 10.4 Å². The fraction of sp³-hybridized carbons (Fsp3) is 0.571. The van der Waals surface area contributed by atoms with E-state index in [1.807, 2.05) is 6.92 Å². The van der Waals surface area contributed by atoms with Gasteiger partial charge in [-0.1, -0.05) is 12.8 Å². The van der Waals surface area contributed by atoms with E-state index in [2.05, 4.69) is 16.3 Å². The summed E-state index contributed by atoms with van der Waals surface area (Å²) >= 11 is 0. The second kappa shape index (κ2) is 5.87. The van der Waals surface area contributed by atoms with Crippen LogP contribution in [0.3, 0.4) is 0 Å². The van der Waals surface area contributed by atoms with E-state index >= 15 is 0 Å². The minimum absolute atomic E-state index is 0.134. The van der Waals surface area contributed by atoms with Crippen molar-refractivity contribution in [1.29, 1.82) is 5.26 Å². The smallest absolute Gasteiger partial charge is 0.323 e. The summed E-state index contributed by atoms with van der Waals surface area (Å²) < 4.78 is 0. The molecule has 0 aliphatic heterocycles. The summed E-state index contributed by atoms with van der Waals surface area (Å²) in [6.45, 7) is 3.47.